The Hall–Kier alpha value is -1.22. The van der Waals surface area contributed by atoms with Crippen molar-refractivity contribution in [2.45, 2.75) is 38.5 Å². The van der Waals surface area contributed by atoms with Gasteiger partial charge in [0.1, 0.15) is 0 Å². The van der Waals surface area contributed by atoms with Gasteiger partial charge in [-0.05, 0) is 30.5 Å². The van der Waals surface area contributed by atoms with E-state index < -0.39 is 5.97 Å². The molecule has 4 heteroatoms. The Labute approximate surface area is 119 Å². The van der Waals surface area contributed by atoms with Gasteiger partial charge in [-0.1, -0.05) is 43.7 Å². The summed E-state index contributed by atoms with van der Waals surface area (Å²) < 4.78 is 0. The summed E-state index contributed by atoms with van der Waals surface area (Å²) in [5.41, 5.74) is 1.05. The SMILES string of the molecule is O=C(O)c1ccc(NCCC2CCCCC2)c(Cl)c1. The van der Waals surface area contributed by atoms with Gasteiger partial charge < -0.3 is 10.4 Å². The smallest absolute Gasteiger partial charge is 0.335 e. The lowest BCUT2D eigenvalue weighted by Crippen LogP contribution is -2.12. The minimum Gasteiger partial charge on any atom is -0.478 e. The van der Waals surface area contributed by atoms with E-state index in [9.17, 15) is 4.79 Å². The molecule has 1 aromatic rings. The fourth-order valence-electron chi connectivity index (χ4n) is 2.68. The van der Waals surface area contributed by atoms with E-state index >= 15 is 0 Å². The van der Waals surface area contributed by atoms with Gasteiger partial charge in [0.05, 0.1) is 16.3 Å². The van der Waals surface area contributed by atoms with Gasteiger partial charge in [0.2, 0.25) is 0 Å². The van der Waals surface area contributed by atoms with Crippen LogP contribution < -0.4 is 5.32 Å². The van der Waals surface area contributed by atoms with Crippen LogP contribution in [0.4, 0.5) is 5.69 Å². The molecule has 0 atom stereocenters. The van der Waals surface area contributed by atoms with E-state index in [1.165, 1.54) is 38.2 Å². The first-order valence-electron chi connectivity index (χ1n) is 6.93. The zero-order valence-corrected chi connectivity index (χ0v) is 11.7. The molecule has 104 valence electrons. The monoisotopic (exact) mass is 281 g/mol. The number of anilines is 1. The highest BCUT2D eigenvalue weighted by Gasteiger charge is 2.13. The van der Waals surface area contributed by atoms with Crippen LogP contribution in [0.25, 0.3) is 0 Å². The minimum absolute atomic E-state index is 0.225. The van der Waals surface area contributed by atoms with Gasteiger partial charge in [-0.3, -0.25) is 0 Å². The highest BCUT2D eigenvalue weighted by molar-refractivity contribution is 6.33. The summed E-state index contributed by atoms with van der Waals surface area (Å²) in [5.74, 6) is -0.117. The Morgan fingerprint density at radius 1 is 1.32 bits per heavy atom. The number of hydrogen-bond acceptors (Lipinski definition) is 2. The summed E-state index contributed by atoms with van der Waals surface area (Å²) in [5, 5.41) is 12.6. The van der Waals surface area contributed by atoms with Crippen molar-refractivity contribution in [2.75, 3.05) is 11.9 Å². The number of halogens is 1. The molecule has 2 rings (SSSR count). The van der Waals surface area contributed by atoms with Crippen molar-refractivity contribution >= 4 is 23.3 Å². The summed E-state index contributed by atoms with van der Waals surface area (Å²) in [4.78, 5) is 10.8. The molecule has 1 aromatic carbocycles. The third kappa shape index (κ3) is 4.13. The molecule has 1 fully saturated rings. The number of rotatable bonds is 5. The molecule has 1 saturated carbocycles. The van der Waals surface area contributed by atoms with Crippen LogP contribution >= 0.6 is 11.6 Å². The van der Waals surface area contributed by atoms with Gasteiger partial charge >= 0.3 is 5.97 Å². The van der Waals surface area contributed by atoms with E-state index in [1.54, 1.807) is 12.1 Å². The highest BCUT2D eigenvalue weighted by atomic mass is 35.5. The van der Waals surface area contributed by atoms with Crippen LogP contribution in [0.3, 0.4) is 0 Å². The van der Waals surface area contributed by atoms with Crippen LogP contribution in [0.1, 0.15) is 48.9 Å². The van der Waals surface area contributed by atoms with Crippen molar-refractivity contribution in [3.8, 4) is 0 Å². The molecular formula is C15H20ClNO2. The van der Waals surface area contributed by atoms with Gasteiger partial charge in [-0.2, -0.15) is 0 Å². The first-order chi connectivity index (χ1) is 9.16. The number of benzene rings is 1. The van der Waals surface area contributed by atoms with Gasteiger partial charge in [-0.15, -0.1) is 0 Å². The molecule has 3 nitrogen and oxygen atoms in total. The van der Waals surface area contributed by atoms with E-state index in [0.717, 1.165) is 24.6 Å². The average Bonchev–Trinajstić information content (AvgIpc) is 2.41. The highest BCUT2D eigenvalue weighted by Crippen LogP contribution is 2.27. The second kappa shape index (κ2) is 6.80. The second-order valence-electron chi connectivity index (χ2n) is 5.22. The molecule has 0 aliphatic heterocycles. The summed E-state index contributed by atoms with van der Waals surface area (Å²) in [7, 11) is 0. The largest absolute Gasteiger partial charge is 0.478 e. The molecule has 0 aromatic heterocycles. The Balaban J connectivity index is 1.83. The maximum Gasteiger partial charge on any atom is 0.335 e. The van der Waals surface area contributed by atoms with Crippen molar-refractivity contribution in [3.05, 3.63) is 28.8 Å². The average molecular weight is 282 g/mol. The zero-order valence-electron chi connectivity index (χ0n) is 11.0. The van der Waals surface area contributed by atoms with E-state index in [-0.39, 0.29) is 5.56 Å². The fraction of sp³-hybridized carbons (Fsp3) is 0.533. The molecule has 2 N–H and O–H groups in total. The standard InChI is InChI=1S/C15H20ClNO2/c16-13-10-12(15(18)19)6-7-14(13)17-9-8-11-4-2-1-3-5-11/h6-7,10-11,17H,1-5,8-9H2,(H,18,19). The first kappa shape index (κ1) is 14.2. The first-order valence-corrected chi connectivity index (χ1v) is 7.31. The van der Waals surface area contributed by atoms with Crippen molar-refractivity contribution in [3.63, 3.8) is 0 Å². The number of carbonyl (C=O) groups is 1. The lowest BCUT2D eigenvalue weighted by molar-refractivity contribution is 0.0697. The maximum atomic E-state index is 10.8. The molecule has 0 heterocycles. The van der Waals surface area contributed by atoms with Crippen molar-refractivity contribution in [2.24, 2.45) is 5.92 Å². The Morgan fingerprint density at radius 3 is 2.68 bits per heavy atom. The van der Waals surface area contributed by atoms with Crippen molar-refractivity contribution in [1.29, 1.82) is 0 Å². The van der Waals surface area contributed by atoms with Crippen molar-refractivity contribution < 1.29 is 9.90 Å². The molecular weight excluding hydrogens is 262 g/mol. The molecule has 1 aliphatic rings. The van der Waals surface area contributed by atoms with E-state index in [2.05, 4.69) is 5.32 Å². The third-order valence-electron chi connectivity index (χ3n) is 3.81. The Bertz CT molecular complexity index is 442. The number of aromatic carboxylic acids is 1. The lowest BCUT2D eigenvalue weighted by atomic mass is 9.87. The summed E-state index contributed by atoms with van der Waals surface area (Å²) in [6.45, 7) is 0.900. The third-order valence-corrected chi connectivity index (χ3v) is 4.12. The van der Waals surface area contributed by atoms with Gasteiger partial charge in [0, 0.05) is 6.54 Å². The minimum atomic E-state index is -0.948. The molecule has 19 heavy (non-hydrogen) atoms. The molecule has 0 amide bonds. The number of carboxylic acids is 1. The topological polar surface area (TPSA) is 49.3 Å². The molecule has 0 saturated heterocycles. The number of hydrogen-bond donors (Lipinski definition) is 2. The summed E-state index contributed by atoms with van der Waals surface area (Å²) in [6, 6.07) is 4.82. The summed E-state index contributed by atoms with van der Waals surface area (Å²) >= 11 is 6.07. The maximum absolute atomic E-state index is 10.8. The van der Waals surface area contributed by atoms with Gasteiger partial charge in [0.15, 0.2) is 0 Å². The van der Waals surface area contributed by atoms with E-state index in [1.807, 2.05) is 0 Å². The van der Waals surface area contributed by atoms with E-state index in [0.29, 0.717) is 5.02 Å². The van der Waals surface area contributed by atoms with Crippen LogP contribution in [0.15, 0.2) is 18.2 Å². The van der Waals surface area contributed by atoms with Gasteiger partial charge in [0.25, 0.3) is 0 Å². The van der Waals surface area contributed by atoms with Crippen LogP contribution in [-0.2, 0) is 0 Å². The quantitative estimate of drug-likeness (QED) is 0.840. The molecule has 0 radical (unpaired) electrons. The summed E-state index contributed by atoms with van der Waals surface area (Å²) in [6.07, 6.45) is 7.95. The van der Waals surface area contributed by atoms with Crippen LogP contribution in [0.2, 0.25) is 5.02 Å². The van der Waals surface area contributed by atoms with Crippen molar-refractivity contribution in [1.82, 2.24) is 0 Å². The van der Waals surface area contributed by atoms with Crippen LogP contribution in [-0.4, -0.2) is 17.6 Å². The van der Waals surface area contributed by atoms with Gasteiger partial charge in [-0.25, -0.2) is 4.79 Å². The molecule has 0 spiro atoms. The zero-order chi connectivity index (χ0) is 13.7. The predicted molar refractivity (Wildman–Crippen MR) is 78.1 cm³/mol. The van der Waals surface area contributed by atoms with E-state index in [4.69, 9.17) is 16.7 Å². The molecule has 0 unspecified atom stereocenters. The second-order valence-corrected chi connectivity index (χ2v) is 5.63. The van der Waals surface area contributed by atoms with Crippen LogP contribution in [0, 0.1) is 5.92 Å². The van der Waals surface area contributed by atoms with Crippen LogP contribution in [0.5, 0.6) is 0 Å². The Morgan fingerprint density at radius 2 is 2.05 bits per heavy atom. The lowest BCUT2D eigenvalue weighted by Gasteiger charge is -2.21. The predicted octanol–water partition coefficient (Wildman–Crippen LogP) is 4.42. The normalized spacial score (nSPS) is 16.3. The molecule has 1 aliphatic carbocycles. The fourth-order valence-corrected chi connectivity index (χ4v) is 2.93. The number of carboxylic acid groups (broad SMARTS) is 1. The number of nitrogens with one attached hydrogen (secondary N) is 1. The Kier molecular flexibility index (Phi) is 5.08. The molecule has 0 bridgehead atoms.